The van der Waals surface area contributed by atoms with Crippen LogP contribution < -0.4 is 20.9 Å². The standard InChI is InChI=1S/C24H24N6O4S/c1-13-5-4-6-16(11-13)19-18(15(3)31)14(2)26-24-20(19)21(25)22(35-24)23(32)27-17-12-30(28-34-17)29-7-9-33-10-8-29/h4-6,11-12H,7-10H2,1-3H3,(H2-,25,27,28,32)/p+1. The molecular formula is C24H25N6O4S+. The molecule has 1 aromatic carbocycles. The number of carbonyl (C=O) groups is 2. The van der Waals surface area contributed by atoms with E-state index >= 15 is 0 Å². The minimum Gasteiger partial charge on any atom is -0.397 e. The molecular weight excluding hydrogens is 468 g/mol. The summed E-state index contributed by atoms with van der Waals surface area (Å²) in [6.07, 6.45) is 1.60. The number of Topliss-reactive ketones (excluding diaryl/α,β-unsaturated/α-hetero) is 1. The first kappa shape index (κ1) is 22.9. The molecule has 0 atom stereocenters. The third-order valence-corrected chi connectivity index (χ3v) is 6.99. The molecule has 5 rings (SSSR count). The normalized spacial score (nSPS) is 13.9. The maximum absolute atomic E-state index is 13.2. The lowest BCUT2D eigenvalue weighted by molar-refractivity contribution is -0.759. The molecule has 0 saturated carbocycles. The summed E-state index contributed by atoms with van der Waals surface area (Å²) in [6.45, 7) is 7.81. The number of anilines is 2. The summed E-state index contributed by atoms with van der Waals surface area (Å²) in [4.78, 5) is 32.9. The summed E-state index contributed by atoms with van der Waals surface area (Å²) in [6, 6.07) is 7.85. The van der Waals surface area contributed by atoms with Gasteiger partial charge in [0, 0.05) is 16.5 Å². The Bertz CT molecular complexity index is 1450. The zero-order valence-corrected chi connectivity index (χ0v) is 20.4. The van der Waals surface area contributed by atoms with E-state index in [2.05, 4.69) is 15.6 Å². The van der Waals surface area contributed by atoms with Crippen LogP contribution in [-0.2, 0) is 4.74 Å². The highest BCUT2D eigenvalue weighted by Gasteiger charge is 2.28. The number of nitrogens with one attached hydrogen (secondary N) is 1. The topological polar surface area (TPSA) is 127 Å². The van der Waals surface area contributed by atoms with Crippen molar-refractivity contribution in [2.75, 3.05) is 42.4 Å². The van der Waals surface area contributed by atoms with E-state index < -0.39 is 5.91 Å². The largest absolute Gasteiger partial charge is 0.397 e. The first-order valence-corrected chi connectivity index (χ1v) is 12.0. The van der Waals surface area contributed by atoms with Gasteiger partial charge in [-0.3, -0.25) is 19.4 Å². The van der Waals surface area contributed by atoms with Crippen molar-refractivity contribution in [2.24, 2.45) is 0 Å². The fourth-order valence-corrected chi connectivity index (χ4v) is 5.35. The number of nitrogen functional groups attached to an aromatic ring is 1. The van der Waals surface area contributed by atoms with Crippen LogP contribution in [0.25, 0.3) is 21.3 Å². The van der Waals surface area contributed by atoms with E-state index in [0.29, 0.717) is 53.3 Å². The Morgan fingerprint density at radius 3 is 2.71 bits per heavy atom. The number of benzene rings is 1. The Kier molecular flexibility index (Phi) is 5.95. The molecule has 180 valence electrons. The molecule has 1 amide bonds. The summed E-state index contributed by atoms with van der Waals surface area (Å²) < 4.78 is 10.7. The van der Waals surface area contributed by atoms with Gasteiger partial charge in [0.15, 0.2) is 5.78 Å². The van der Waals surface area contributed by atoms with E-state index in [0.717, 1.165) is 11.1 Å². The van der Waals surface area contributed by atoms with Crippen LogP contribution in [0.4, 0.5) is 11.6 Å². The van der Waals surface area contributed by atoms with Gasteiger partial charge in [0.2, 0.25) is 5.27 Å². The number of pyridine rings is 1. The molecule has 1 aliphatic rings. The first-order chi connectivity index (χ1) is 16.8. The highest BCUT2D eigenvalue weighted by molar-refractivity contribution is 7.21. The van der Waals surface area contributed by atoms with Gasteiger partial charge in [-0.1, -0.05) is 29.8 Å². The predicted octanol–water partition coefficient (Wildman–Crippen LogP) is 2.86. The van der Waals surface area contributed by atoms with E-state index in [-0.39, 0.29) is 22.2 Å². The van der Waals surface area contributed by atoms with Gasteiger partial charge >= 0.3 is 5.88 Å². The second-order valence-electron chi connectivity index (χ2n) is 8.40. The molecule has 4 aromatic rings. The van der Waals surface area contributed by atoms with E-state index in [1.54, 1.807) is 17.9 Å². The number of morpholine rings is 1. The molecule has 35 heavy (non-hydrogen) atoms. The number of aryl methyl sites for hydroxylation is 2. The van der Waals surface area contributed by atoms with Crippen molar-refractivity contribution in [3.05, 3.63) is 52.2 Å². The molecule has 3 N–H and O–H groups in total. The van der Waals surface area contributed by atoms with Crippen molar-refractivity contribution in [3.63, 3.8) is 0 Å². The molecule has 11 heteroatoms. The molecule has 0 aliphatic carbocycles. The average molecular weight is 494 g/mol. The Labute approximate surface area is 205 Å². The molecule has 4 heterocycles. The molecule has 0 bridgehead atoms. The Balaban J connectivity index is 1.55. The van der Waals surface area contributed by atoms with Gasteiger partial charge in [-0.2, -0.15) is 0 Å². The van der Waals surface area contributed by atoms with E-state index in [9.17, 15) is 9.59 Å². The van der Waals surface area contributed by atoms with Gasteiger partial charge in [0.25, 0.3) is 12.1 Å². The number of aromatic nitrogens is 3. The molecule has 0 spiro atoms. The summed E-state index contributed by atoms with van der Waals surface area (Å²) in [5.74, 6) is -0.363. The second-order valence-corrected chi connectivity index (χ2v) is 9.40. The van der Waals surface area contributed by atoms with Crippen molar-refractivity contribution in [2.45, 2.75) is 20.8 Å². The quantitative estimate of drug-likeness (QED) is 0.321. The van der Waals surface area contributed by atoms with E-state index in [4.69, 9.17) is 15.0 Å². The number of nitrogens with two attached hydrogens (primary N) is 1. The molecule has 0 radical (unpaired) electrons. The Hall–Kier alpha value is -3.83. The number of hydrogen-bond acceptors (Lipinski definition) is 9. The summed E-state index contributed by atoms with van der Waals surface area (Å²) in [7, 11) is 0. The van der Waals surface area contributed by atoms with Crippen molar-refractivity contribution >= 4 is 44.8 Å². The number of amides is 1. The monoisotopic (exact) mass is 493 g/mol. The number of ketones is 1. The fourth-order valence-electron chi connectivity index (χ4n) is 4.31. The molecule has 1 saturated heterocycles. The molecule has 1 fully saturated rings. The van der Waals surface area contributed by atoms with Gasteiger partial charge < -0.3 is 10.5 Å². The SMILES string of the molecule is CC(=O)c1c(C)nc2sc(C(=O)Nc3c[n+](N4CCOCC4)no3)c(N)c2c1-c1cccc(C)c1. The number of ether oxygens (including phenoxy) is 1. The third-order valence-electron chi connectivity index (χ3n) is 5.89. The van der Waals surface area contributed by atoms with Crippen LogP contribution in [0.5, 0.6) is 0 Å². The Morgan fingerprint density at radius 2 is 2.00 bits per heavy atom. The number of nitrogens with zero attached hydrogens (tertiary/aromatic N) is 4. The number of thiophene rings is 1. The zero-order chi connectivity index (χ0) is 24.7. The van der Waals surface area contributed by atoms with E-state index in [1.165, 1.54) is 18.3 Å². The van der Waals surface area contributed by atoms with Crippen LogP contribution in [0.1, 0.15) is 38.2 Å². The van der Waals surface area contributed by atoms with Crippen molar-refractivity contribution in [1.82, 2.24) is 10.3 Å². The third kappa shape index (κ3) is 4.24. The minimum absolute atomic E-state index is 0.112. The van der Waals surface area contributed by atoms with Crippen LogP contribution in [0.2, 0.25) is 0 Å². The Morgan fingerprint density at radius 1 is 1.23 bits per heavy atom. The summed E-state index contributed by atoms with van der Waals surface area (Å²) in [5, 5.41) is 9.25. The van der Waals surface area contributed by atoms with Crippen LogP contribution in [0, 0.1) is 13.8 Å². The van der Waals surface area contributed by atoms with Crippen molar-refractivity contribution in [1.29, 1.82) is 0 Å². The van der Waals surface area contributed by atoms with Gasteiger partial charge in [0.05, 0.1) is 42.5 Å². The van der Waals surface area contributed by atoms with E-state index in [1.807, 2.05) is 36.2 Å². The van der Waals surface area contributed by atoms with Crippen LogP contribution >= 0.6 is 11.3 Å². The lowest BCUT2D eigenvalue weighted by atomic mass is 9.92. The lowest BCUT2D eigenvalue weighted by Crippen LogP contribution is -2.62. The molecule has 3 aromatic heterocycles. The lowest BCUT2D eigenvalue weighted by Gasteiger charge is -2.18. The number of hydrogen-bond donors (Lipinski definition) is 2. The summed E-state index contributed by atoms with van der Waals surface area (Å²) in [5.41, 5.74) is 10.5. The van der Waals surface area contributed by atoms with Gasteiger partial charge in [-0.25, -0.2) is 4.98 Å². The van der Waals surface area contributed by atoms with Crippen LogP contribution in [0.3, 0.4) is 0 Å². The highest BCUT2D eigenvalue weighted by atomic mass is 32.1. The van der Waals surface area contributed by atoms with Crippen LogP contribution in [0.15, 0.2) is 35.0 Å². The fraction of sp³-hybridized carbons (Fsp3) is 0.292. The van der Waals surface area contributed by atoms with Crippen LogP contribution in [-0.4, -0.2) is 48.2 Å². The van der Waals surface area contributed by atoms with Crippen molar-refractivity contribution in [3.8, 4) is 11.1 Å². The maximum atomic E-state index is 13.2. The van der Waals surface area contributed by atoms with Gasteiger partial charge in [0.1, 0.15) is 9.71 Å². The predicted molar refractivity (Wildman–Crippen MR) is 132 cm³/mol. The maximum Gasteiger partial charge on any atom is 0.306 e. The minimum atomic E-state index is -0.437. The molecule has 0 unspecified atom stereocenters. The zero-order valence-electron chi connectivity index (χ0n) is 19.6. The second kappa shape index (κ2) is 9.08. The smallest absolute Gasteiger partial charge is 0.306 e. The van der Waals surface area contributed by atoms with Gasteiger partial charge in [-0.15, -0.1) is 16.3 Å². The first-order valence-electron chi connectivity index (χ1n) is 11.2. The molecule has 10 nitrogen and oxygen atoms in total. The summed E-state index contributed by atoms with van der Waals surface area (Å²) >= 11 is 1.18. The number of rotatable bonds is 5. The number of carbonyl (C=O) groups excluding carboxylic acids is 2. The highest BCUT2D eigenvalue weighted by Crippen LogP contribution is 2.42. The van der Waals surface area contributed by atoms with Gasteiger partial charge in [-0.05, 0) is 26.3 Å². The average Bonchev–Trinajstić information content (AvgIpc) is 3.43. The van der Waals surface area contributed by atoms with Crippen molar-refractivity contribution < 1.29 is 23.6 Å². The number of fused-ring (bicyclic) bond motifs is 1. The molecule has 1 aliphatic heterocycles.